The van der Waals surface area contributed by atoms with Gasteiger partial charge in [0.1, 0.15) is 11.6 Å². The number of anilines is 2. The first-order valence-corrected chi connectivity index (χ1v) is 7.11. The van der Waals surface area contributed by atoms with Gasteiger partial charge < -0.3 is 10.2 Å². The van der Waals surface area contributed by atoms with Gasteiger partial charge >= 0.3 is 0 Å². The molecule has 0 aliphatic rings. The van der Waals surface area contributed by atoms with E-state index in [4.69, 9.17) is 0 Å². The van der Waals surface area contributed by atoms with Crippen LogP contribution in [0.4, 0.5) is 11.6 Å². The standard InChI is InChI=1S/C12H22N4S/c1-9(2)6-7-16(4)11-8-10(13-3)14-12(15-11)17-5/h8-9H,6-7H2,1-5H3,(H,13,14,15). The maximum absolute atomic E-state index is 4.52. The molecule has 4 nitrogen and oxygen atoms in total. The van der Waals surface area contributed by atoms with E-state index in [1.54, 1.807) is 11.8 Å². The zero-order chi connectivity index (χ0) is 12.8. The predicted molar refractivity (Wildman–Crippen MR) is 76.1 cm³/mol. The van der Waals surface area contributed by atoms with Crippen LogP contribution in [-0.2, 0) is 0 Å². The van der Waals surface area contributed by atoms with Gasteiger partial charge in [-0.15, -0.1) is 0 Å². The van der Waals surface area contributed by atoms with E-state index in [1.807, 2.05) is 19.4 Å². The van der Waals surface area contributed by atoms with Crippen LogP contribution in [0.5, 0.6) is 0 Å². The van der Waals surface area contributed by atoms with Gasteiger partial charge in [-0.2, -0.15) is 0 Å². The first kappa shape index (κ1) is 14.1. The summed E-state index contributed by atoms with van der Waals surface area (Å²) in [5, 5.41) is 3.88. The summed E-state index contributed by atoms with van der Waals surface area (Å²) in [7, 11) is 3.96. The minimum absolute atomic E-state index is 0.711. The summed E-state index contributed by atoms with van der Waals surface area (Å²) < 4.78 is 0. The lowest BCUT2D eigenvalue weighted by atomic mass is 10.1. The zero-order valence-corrected chi connectivity index (χ0v) is 12.1. The van der Waals surface area contributed by atoms with Gasteiger partial charge in [-0.25, -0.2) is 9.97 Å². The quantitative estimate of drug-likeness (QED) is 0.624. The van der Waals surface area contributed by atoms with E-state index in [-0.39, 0.29) is 0 Å². The fourth-order valence-electron chi connectivity index (χ4n) is 1.39. The van der Waals surface area contributed by atoms with E-state index in [2.05, 4.69) is 41.1 Å². The van der Waals surface area contributed by atoms with Crippen molar-refractivity contribution >= 4 is 23.4 Å². The molecule has 0 fully saturated rings. The average Bonchev–Trinajstić information content (AvgIpc) is 2.34. The van der Waals surface area contributed by atoms with Crippen LogP contribution in [0.25, 0.3) is 0 Å². The van der Waals surface area contributed by atoms with Gasteiger partial charge in [0.05, 0.1) is 0 Å². The molecule has 17 heavy (non-hydrogen) atoms. The Hall–Kier alpha value is -0.970. The summed E-state index contributed by atoms with van der Waals surface area (Å²) >= 11 is 1.57. The van der Waals surface area contributed by atoms with E-state index >= 15 is 0 Å². The second kappa shape index (κ2) is 6.69. The molecule has 0 atom stereocenters. The number of thioether (sulfide) groups is 1. The van der Waals surface area contributed by atoms with Crippen LogP contribution in [0, 0.1) is 5.92 Å². The molecule has 1 aromatic heterocycles. The monoisotopic (exact) mass is 254 g/mol. The van der Waals surface area contributed by atoms with Crippen LogP contribution < -0.4 is 10.2 Å². The van der Waals surface area contributed by atoms with Crippen molar-refractivity contribution in [2.24, 2.45) is 5.92 Å². The second-order valence-electron chi connectivity index (χ2n) is 4.45. The third-order valence-electron chi connectivity index (χ3n) is 2.56. The minimum atomic E-state index is 0.711. The maximum atomic E-state index is 4.52. The maximum Gasteiger partial charge on any atom is 0.191 e. The lowest BCUT2D eigenvalue weighted by Gasteiger charge is -2.20. The van der Waals surface area contributed by atoms with Gasteiger partial charge in [0.2, 0.25) is 0 Å². The van der Waals surface area contributed by atoms with Crippen molar-refractivity contribution in [1.82, 2.24) is 9.97 Å². The number of nitrogens with one attached hydrogen (secondary N) is 1. The Balaban J connectivity index is 2.80. The molecule has 5 heteroatoms. The average molecular weight is 254 g/mol. The summed E-state index contributed by atoms with van der Waals surface area (Å²) in [5.74, 6) is 2.56. The molecular formula is C12H22N4S. The molecule has 0 aliphatic heterocycles. The molecule has 0 radical (unpaired) electrons. The van der Waals surface area contributed by atoms with Crippen molar-refractivity contribution in [2.45, 2.75) is 25.4 Å². The molecule has 0 saturated carbocycles. The molecular weight excluding hydrogens is 232 g/mol. The topological polar surface area (TPSA) is 41.0 Å². The summed E-state index contributed by atoms with van der Waals surface area (Å²) in [6, 6.07) is 1.99. The van der Waals surface area contributed by atoms with Gasteiger partial charge in [0.15, 0.2) is 5.16 Å². The molecule has 0 unspecified atom stereocenters. The number of hydrogen-bond donors (Lipinski definition) is 1. The molecule has 1 rings (SSSR count). The highest BCUT2D eigenvalue weighted by atomic mass is 32.2. The first-order valence-electron chi connectivity index (χ1n) is 5.88. The number of hydrogen-bond acceptors (Lipinski definition) is 5. The van der Waals surface area contributed by atoms with Gasteiger partial charge in [-0.1, -0.05) is 25.6 Å². The van der Waals surface area contributed by atoms with Crippen molar-refractivity contribution in [3.63, 3.8) is 0 Å². The van der Waals surface area contributed by atoms with Crippen molar-refractivity contribution < 1.29 is 0 Å². The molecule has 0 bridgehead atoms. The van der Waals surface area contributed by atoms with Gasteiger partial charge in [-0.05, 0) is 18.6 Å². The Bertz CT molecular complexity index is 332. The fourth-order valence-corrected chi connectivity index (χ4v) is 1.77. The molecule has 0 saturated heterocycles. The third-order valence-corrected chi connectivity index (χ3v) is 3.11. The zero-order valence-electron chi connectivity index (χ0n) is 11.3. The lowest BCUT2D eigenvalue weighted by molar-refractivity contribution is 0.583. The second-order valence-corrected chi connectivity index (χ2v) is 5.23. The molecule has 96 valence electrons. The summed E-state index contributed by atoms with van der Waals surface area (Å²) in [6.45, 7) is 5.49. The normalized spacial score (nSPS) is 10.7. The smallest absolute Gasteiger partial charge is 0.191 e. The molecule has 0 aliphatic carbocycles. The Morgan fingerprint density at radius 1 is 1.41 bits per heavy atom. The van der Waals surface area contributed by atoms with E-state index in [1.165, 1.54) is 6.42 Å². The summed E-state index contributed by atoms with van der Waals surface area (Å²) in [4.78, 5) is 11.1. The summed E-state index contributed by atoms with van der Waals surface area (Å²) in [6.07, 6.45) is 3.16. The minimum Gasteiger partial charge on any atom is -0.373 e. The van der Waals surface area contributed by atoms with Crippen LogP contribution >= 0.6 is 11.8 Å². The van der Waals surface area contributed by atoms with Crippen LogP contribution in [0.15, 0.2) is 11.2 Å². The van der Waals surface area contributed by atoms with Crippen LogP contribution in [0.1, 0.15) is 20.3 Å². The third kappa shape index (κ3) is 4.42. The molecule has 1 N–H and O–H groups in total. The van der Waals surface area contributed by atoms with Crippen LogP contribution in [-0.4, -0.2) is 36.9 Å². The van der Waals surface area contributed by atoms with Crippen LogP contribution in [0.3, 0.4) is 0 Å². The molecule has 1 heterocycles. The Kier molecular flexibility index (Phi) is 5.55. The molecule has 1 aromatic rings. The van der Waals surface area contributed by atoms with Crippen molar-refractivity contribution in [3.05, 3.63) is 6.07 Å². The predicted octanol–water partition coefficient (Wildman–Crippen LogP) is 2.72. The van der Waals surface area contributed by atoms with Gasteiger partial charge in [0.25, 0.3) is 0 Å². The van der Waals surface area contributed by atoms with Crippen LogP contribution in [0.2, 0.25) is 0 Å². The number of rotatable bonds is 6. The molecule has 0 aromatic carbocycles. The van der Waals surface area contributed by atoms with Crippen molar-refractivity contribution in [1.29, 1.82) is 0 Å². The fraction of sp³-hybridized carbons (Fsp3) is 0.667. The van der Waals surface area contributed by atoms with Crippen molar-refractivity contribution in [2.75, 3.05) is 37.1 Å². The van der Waals surface area contributed by atoms with Crippen molar-refractivity contribution in [3.8, 4) is 0 Å². The van der Waals surface area contributed by atoms with E-state index in [0.717, 1.165) is 23.3 Å². The first-order chi connectivity index (χ1) is 8.06. The highest BCUT2D eigenvalue weighted by Gasteiger charge is 2.08. The van der Waals surface area contributed by atoms with Gasteiger partial charge in [-0.3, -0.25) is 0 Å². The highest BCUT2D eigenvalue weighted by Crippen LogP contribution is 2.19. The summed E-state index contributed by atoms with van der Waals surface area (Å²) in [5.41, 5.74) is 0. The largest absolute Gasteiger partial charge is 0.373 e. The molecule has 0 spiro atoms. The van der Waals surface area contributed by atoms with E-state index in [0.29, 0.717) is 5.92 Å². The van der Waals surface area contributed by atoms with Gasteiger partial charge in [0, 0.05) is 26.7 Å². The Labute approximate surface area is 108 Å². The Morgan fingerprint density at radius 3 is 2.65 bits per heavy atom. The lowest BCUT2D eigenvalue weighted by Crippen LogP contribution is -2.21. The highest BCUT2D eigenvalue weighted by molar-refractivity contribution is 7.98. The molecule has 0 amide bonds. The van der Waals surface area contributed by atoms with E-state index < -0.39 is 0 Å². The number of nitrogens with zero attached hydrogens (tertiary/aromatic N) is 3. The SMILES string of the molecule is CNc1cc(N(C)CCC(C)C)nc(SC)n1. The van der Waals surface area contributed by atoms with E-state index in [9.17, 15) is 0 Å². The number of aromatic nitrogens is 2. The Morgan fingerprint density at radius 2 is 2.12 bits per heavy atom.